The average molecular weight is 517 g/mol. The molecule has 7 rings (SSSR count). The predicted octanol–water partition coefficient (Wildman–Crippen LogP) is 9.01. The third-order valence-corrected chi connectivity index (χ3v) is 8.90. The summed E-state index contributed by atoms with van der Waals surface area (Å²) in [7, 11) is 0. The first-order valence-corrected chi connectivity index (χ1v) is 14.2. The fourth-order valence-electron chi connectivity index (χ4n) is 7.21. The number of allylic oxidation sites excluding steroid dienone is 3. The van der Waals surface area contributed by atoms with E-state index < -0.39 is 5.60 Å². The molecule has 4 unspecified atom stereocenters. The molecule has 1 nitrogen and oxygen atoms in total. The van der Waals surface area contributed by atoms with Crippen LogP contribution in [0.25, 0.3) is 11.1 Å². The molecule has 2 aliphatic carbocycles. The van der Waals surface area contributed by atoms with E-state index >= 15 is 0 Å². The highest BCUT2D eigenvalue weighted by Gasteiger charge is 2.58. The van der Waals surface area contributed by atoms with Crippen LogP contribution >= 0.6 is 0 Å². The molecule has 0 radical (unpaired) electrons. The Balaban J connectivity index is 1.53. The van der Waals surface area contributed by atoms with Crippen LogP contribution in [0.15, 0.2) is 163 Å². The first kappa shape index (κ1) is 24.6. The Hall–Kier alpha value is -4.46. The van der Waals surface area contributed by atoms with Gasteiger partial charge >= 0.3 is 0 Å². The molecule has 0 bridgehead atoms. The van der Waals surface area contributed by atoms with Crippen LogP contribution in [0.5, 0.6) is 0 Å². The van der Waals surface area contributed by atoms with Crippen LogP contribution in [0, 0.1) is 5.92 Å². The molecular formula is C39H32O. The Labute approximate surface area is 236 Å². The second-order valence-corrected chi connectivity index (χ2v) is 11.0. The van der Waals surface area contributed by atoms with Crippen molar-refractivity contribution in [3.8, 4) is 0 Å². The van der Waals surface area contributed by atoms with Crippen LogP contribution in [0.4, 0.5) is 0 Å². The van der Waals surface area contributed by atoms with Crippen LogP contribution in [0.1, 0.15) is 46.1 Å². The van der Waals surface area contributed by atoms with E-state index in [9.17, 15) is 5.11 Å². The minimum Gasteiger partial charge on any atom is -0.380 e. The van der Waals surface area contributed by atoms with Gasteiger partial charge in [0.1, 0.15) is 5.60 Å². The third-order valence-electron chi connectivity index (χ3n) is 8.90. The fraction of sp³-hybridized carbons (Fsp3) is 0.128. The van der Waals surface area contributed by atoms with Crippen molar-refractivity contribution in [2.45, 2.75) is 23.9 Å². The van der Waals surface area contributed by atoms with Gasteiger partial charge in [0.25, 0.3) is 0 Å². The molecule has 0 amide bonds. The lowest BCUT2D eigenvalue weighted by molar-refractivity contribution is 0.0589. The Kier molecular flexibility index (Phi) is 6.30. The molecule has 40 heavy (non-hydrogen) atoms. The van der Waals surface area contributed by atoms with Gasteiger partial charge in [-0.2, -0.15) is 0 Å². The molecule has 194 valence electrons. The minimum absolute atomic E-state index is 0.107. The van der Waals surface area contributed by atoms with Gasteiger partial charge in [0.15, 0.2) is 0 Å². The Morgan fingerprint density at radius 2 is 1.00 bits per heavy atom. The van der Waals surface area contributed by atoms with Gasteiger partial charge in [0.2, 0.25) is 0 Å². The molecule has 0 heterocycles. The highest BCUT2D eigenvalue weighted by Crippen LogP contribution is 2.65. The summed E-state index contributed by atoms with van der Waals surface area (Å²) in [5, 5.41) is 13.2. The van der Waals surface area contributed by atoms with Crippen LogP contribution in [-0.2, 0) is 5.60 Å². The van der Waals surface area contributed by atoms with E-state index in [1.54, 1.807) is 0 Å². The molecule has 1 heteroatoms. The maximum atomic E-state index is 13.2. The standard InChI is InChI=1S/C39H32O/c40-39(32-24-14-5-15-25-32)36-27-34(29-18-8-2-9-19-29)33(28-16-6-1-7-17-28)26-35(36)37(30-20-10-3-11-21-30)38(39)31-22-12-4-13-23-31/h1-25,27,35,37-38,40H,26H2. The van der Waals surface area contributed by atoms with Gasteiger partial charge in [-0.15, -0.1) is 0 Å². The number of hydrogen-bond donors (Lipinski definition) is 1. The van der Waals surface area contributed by atoms with Gasteiger partial charge in [-0.3, -0.25) is 0 Å². The second kappa shape index (κ2) is 10.3. The summed E-state index contributed by atoms with van der Waals surface area (Å²) in [5.74, 6) is 0.110. The van der Waals surface area contributed by atoms with Gasteiger partial charge < -0.3 is 5.11 Å². The lowest BCUT2D eigenvalue weighted by Gasteiger charge is -2.35. The number of aliphatic hydroxyl groups is 1. The zero-order valence-electron chi connectivity index (χ0n) is 22.4. The highest BCUT2D eigenvalue weighted by molar-refractivity contribution is 5.98. The van der Waals surface area contributed by atoms with Crippen molar-refractivity contribution in [3.63, 3.8) is 0 Å². The summed E-state index contributed by atoms with van der Waals surface area (Å²) in [6.45, 7) is 0. The smallest absolute Gasteiger partial charge is 0.119 e. The highest BCUT2D eigenvalue weighted by atomic mass is 16.3. The quantitative estimate of drug-likeness (QED) is 0.247. The molecule has 1 saturated carbocycles. The van der Waals surface area contributed by atoms with E-state index in [1.165, 1.54) is 33.4 Å². The van der Waals surface area contributed by atoms with E-state index in [4.69, 9.17) is 0 Å². The monoisotopic (exact) mass is 516 g/mol. The lowest BCUT2D eigenvalue weighted by Crippen LogP contribution is -2.32. The largest absolute Gasteiger partial charge is 0.380 e. The van der Waals surface area contributed by atoms with Gasteiger partial charge in [0.05, 0.1) is 0 Å². The molecular weight excluding hydrogens is 484 g/mol. The summed E-state index contributed by atoms with van der Waals surface area (Å²) in [6, 6.07) is 53.2. The molecule has 5 aromatic carbocycles. The van der Waals surface area contributed by atoms with Crippen molar-refractivity contribution in [2.75, 3.05) is 0 Å². The Morgan fingerprint density at radius 1 is 0.525 bits per heavy atom. The Morgan fingerprint density at radius 3 is 1.57 bits per heavy atom. The van der Waals surface area contributed by atoms with Gasteiger partial charge in [0, 0.05) is 11.8 Å². The number of hydrogen-bond acceptors (Lipinski definition) is 1. The zero-order chi connectivity index (χ0) is 26.9. The fourth-order valence-corrected chi connectivity index (χ4v) is 7.21. The van der Waals surface area contributed by atoms with Crippen LogP contribution in [-0.4, -0.2) is 5.11 Å². The third kappa shape index (κ3) is 4.06. The molecule has 1 fully saturated rings. The molecule has 2 aliphatic rings. The molecule has 5 aromatic rings. The zero-order valence-corrected chi connectivity index (χ0v) is 22.4. The first-order valence-electron chi connectivity index (χ1n) is 14.2. The summed E-state index contributed by atoms with van der Waals surface area (Å²) in [6.07, 6.45) is 3.19. The van der Waals surface area contributed by atoms with E-state index in [0.29, 0.717) is 0 Å². The SMILES string of the molecule is OC1(c2ccccc2)C2=CC(c3ccccc3)=C(c3ccccc3)CC2C(c2ccccc2)C1c1ccccc1. The maximum Gasteiger partial charge on any atom is 0.119 e. The number of rotatable bonds is 5. The van der Waals surface area contributed by atoms with Gasteiger partial charge in [-0.25, -0.2) is 0 Å². The van der Waals surface area contributed by atoms with Gasteiger partial charge in [-0.1, -0.05) is 158 Å². The topological polar surface area (TPSA) is 20.2 Å². The normalized spacial score (nSPS) is 23.9. The molecule has 1 N–H and O–H groups in total. The number of benzene rings is 5. The maximum absolute atomic E-state index is 13.2. The first-order chi connectivity index (χ1) is 19.7. The summed E-state index contributed by atoms with van der Waals surface area (Å²) in [5.41, 5.74) is 8.32. The van der Waals surface area contributed by atoms with Crippen molar-refractivity contribution >= 4 is 11.1 Å². The van der Waals surface area contributed by atoms with Crippen molar-refractivity contribution in [1.29, 1.82) is 0 Å². The predicted molar refractivity (Wildman–Crippen MR) is 165 cm³/mol. The number of fused-ring (bicyclic) bond motifs is 1. The lowest BCUT2D eigenvalue weighted by atomic mass is 9.73. The van der Waals surface area contributed by atoms with E-state index in [1.807, 2.05) is 18.2 Å². The summed E-state index contributed by atoms with van der Waals surface area (Å²) < 4.78 is 0. The van der Waals surface area contributed by atoms with Crippen LogP contribution in [0.2, 0.25) is 0 Å². The average Bonchev–Trinajstić information content (AvgIpc) is 3.31. The molecule has 0 aliphatic heterocycles. The molecule has 0 aromatic heterocycles. The van der Waals surface area contributed by atoms with Crippen molar-refractivity contribution in [3.05, 3.63) is 191 Å². The molecule has 0 saturated heterocycles. The molecule has 0 spiro atoms. The Bertz CT molecular complexity index is 1650. The summed E-state index contributed by atoms with van der Waals surface area (Å²) >= 11 is 0. The van der Waals surface area contributed by atoms with Crippen LogP contribution < -0.4 is 0 Å². The van der Waals surface area contributed by atoms with E-state index in [0.717, 1.165) is 17.6 Å². The van der Waals surface area contributed by atoms with Crippen LogP contribution in [0.3, 0.4) is 0 Å². The van der Waals surface area contributed by atoms with E-state index in [-0.39, 0.29) is 17.8 Å². The van der Waals surface area contributed by atoms with Crippen molar-refractivity contribution in [2.24, 2.45) is 5.92 Å². The van der Waals surface area contributed by atoms with E-state index in [2.05, 4.69) is 140 Å². The molecule has 4 atom stereocenters. The summed E-state index contributed by atoms with van der Waals surface area (Å²) in [4.78, 5) is 0. The van der Waals surface area contributed by atoms with Crippen molar-refractivity contribution < 1.29 is 5.11 Å². The van der Waals surface area contributed by atoms with Gasteiger partial charge in [-0.05, 0) is 56.9 Å². The second-order valence-electron chi connectivity index (χ2n) is 11.0. The minimum atomic E-state index is -1.16. The van der Waals surface area contributed by atoms with Crippen molar-refractivity contribution in [1.82, 2.24) is 0 Å².